The number of methoxy groups -OCH3 is 2. The lowest BCUT2D eigenvalue weighted by Gasteiger charge is -2.19. The first-order valence-corrected chi connectivity index (χ1v) is 8.35. The van der Waals surface area contributed by atoms with E-state index in [-0.39, 0.29) is 5.91 Å². The lowest BCUT2D eigenvalue weighted by molar-refractivity contribution is -0.115. The molecule has 0 aromatic heterocycles. The van der Waals surface area contributed by atoms with Crippen LogP contribution in [0, 0.1) is 0 Å². The number of rotatable bonds is 7. The Labute approximate surface area is 152 Å². The molecule has 0 radical (unpaired) electrons. The number of hydrogen-bond donors (Lipinski definition) is 2. The molecule has 1 aliphatic heterocycles. The van der Waals surface area contributed by atoms with Crippen LogP contribution in [0.5, 0.6) is 23.0 Å². The molecule has 0 fully saturated rings. The van der Waals surface area contributed by atoms with Crippen LogP contribution in [0.15, 0.2) is 36.4 Å². The van der Waals surface area contributed by atoms with Gasteiger partial charge < -0.3 is 29.6 Å². The highest BCUT2D eigenvalue weighted by atomic mass is 16.6. The molecule has 0 atom stereocenters. The molecule has 2 aromatic rings. The van der Waals surface area contributed by atoms with Crippen LogP contribution in [0.1, 0.15) is 6.42 Å². The van der Waals surface area contributed by atoms with Crippen molar-refractivity contribution >= 4 is 17.3 Å². The van der Waals surface area contributed by atoms with Crippen LogP contribution < -0.4 is 29.6 Å². The molecule has 7 nitrogen and oxygen atoms in total. The first-order valence-electron chi connectivity index (χ1n) is 8.35. The van der Waals surface area contributed by atoms with E-state index in [1.54, 1.807) is 32.4 Å². The van der Waals surface area contributed by atoms with E-state index in [2.05, 4.69) is 10.6 Å². The lowest BCUT2D eigenvalue weighted by Crippen LogP contribution is -2.17. The number of hydrogen-bond acceptors (Lipinski definition) is 6. The molecule has 0 saturated carbocycles. The van der Waals surface area contributed by atoms with Crippen molar-refractivity contribution in [2.45, 2.75) is 6.42 Å². The zero-order valence-corrected chi connectivity index (χ0v) is 14.8. The van der Waals surface area contributed by atoms with Crippen LogP contribution in [0.3, 0.4) is 0 Å². The summed E-state index contributed by atoms with van der Waals surface area (Å²) in [5.41, 5.74) is 1.54. The maximum atomic E-state index is 12.1. The molecule has 0 aliphatic carbocycles. The first-order chi connectivity index (χ1) is 12.7. The van der Waals surface area contributed by atoms with Crippen molar-refractivity contribution < 1.29 is 23.7 Å². The van der Waals surface area contributed by atoms with E-state index in [9.17, 15) is 4.79 Å². The van der Waals surface area contributed by atoms with E-state index in [0.29, 0.717) is 43.4 Å². The summed E-state index contributed by atoms with van der Waals surface area (Å²) in [6.07, 6.45) is 0.322. The Kier molecular flexibility index (Phi) is 5.68. The fourth-order valence-corrected chi connectivity index (χ4v) is 2.61. The van der Waals surface area contributed by atoms with Gasteiger partial charge in [0.1, 0.15) is 13.2 Å². The third kappa shape index (κ3) is 4.30. The van der Waals surface area contributed by atoms with Crippen molar-refractivity contribution in [3.63, 3.8) is 0 Å². The number of ether oxygens (including phenoxy) is 4. The predicted octanol–water partition coefficient (Wildman–Crippen LogP) is 2.92. The molecule has 1 amide bonds. The summed E-state index contributed by atoms with van der Waals surface area (Å²) < 4.78 is 21.4. The van der Waals surface area contributed by atoms with Crippen molar-refractivity contribution in [2.75, 3.05) is 44.6 Å². The number of fused-ring (bicyclic) bond motifs is 1. The second kappa shape index (κ2) is 8.33. The third-order valence-electron chi connectivity index (χ3n) is 3.89. The number of nitrogens with one attached hydrogen (secondary N) is 2. The quantitative estimate of drug-likeness (QED) is 0.792. The summed E-state index contributed by atoms with van der Waals surface area (Å²) in [6, 6.07) is 10.9. The Morgan fingerprint density at radius 1 is 0.962 bits per heavy atom. The van der Waals surface area contributed by atoms with Gasteiger partial charge in [-0.15, -0.1) is 0 Å². The fraction of sp³-hybridized carbons (Fsp3) is 0.316. The molecule has 138 valence electrons. The van der Waals surface area contributed by atoms with Gasteiger partial charge in [0.25, 0.3) is 0 Å². The predicted molar refractivity (Wildman–Crippen MR) is 98.7 cm³/mol. The van der Waals surface area contributed by atoms with Crippen molar-refractivity contribution in [3.05, 3.63) is 36.4 Å². The Hall–Kier alpha value is -3.09. The summed E-state index contributed by atoms with van der Waals surface area (Å²) in [5.74, 6) is 2.55. The minimum Gasteiger partial charge on any atom is -0.493 e. The minimum absolute atomic E-state index is 0.0951. The maximum Gasteiger partial charge on any atom is 0.226 e. The molecule has 7 heteroatoms. The van der Waals surface area contributed by atoms with Crippen LogP contribution in [-0.2, 0) is 4.79 Å². The van der Waals surface area contributed by atoms with E-state index in [1.165, 1.54) is 0 Å². The third-order valence-corrected chi connectivity index (χ3v) is 3.89. The van der Waals surface area contributed by atoms with Gasteiger partial charge in [-0.1, -0.05) is 0 Å². The number of anilines is 2. The molecular formula is C19H22N2O5. The highest BCUT2D eigenvalue weighted by Crippen LogP contribution is 2.32. The van der Waals surface area contributed by atoms with Crippen LogP contribution in [0.25, 0.3) is 0 Å². The monoisotopic (exact) mass is 358 g/mol. The van der Waals surface area contributed by atoms with Gasteiger partial charge in [-0.2, -0.15) is 0 Å². The molecular weight excluding hydrogens is 336 g/mol. The second-order valence-corrected chi connectivity index (χ2v) is 5.65. The highest BCUT2D eigenvalue weighted by Gasteiger charge is 2.12. The maximum absolute atomic E-state index is 12.1. The van der Waals surface area contributed by atoms with Gasteiger partial charge in [0.05, 0.1) is 14.2 Å². The van der Waals surface area contributed by atoms with Gasteiger partial charge in [-0.25, -0.2) is 0 Å². The second-order valence-electron chi connectivity index (χ2n) is 5.65. The van der Waals surface area contributed by atoms with Gasteiger partial charge in [-0.3, -0.25) is 4.79 Å². The number of amides is 1. The molecule has 1 aliphatic rings. The van der Waals surface area contributed by atoms with E-state index in [4.69, 9.17) is 18.9 Å². The number of benzene rings is 2. The van der Waals surface area contributed by atoms with Crippen molar-refractivity contribution in [1.82, 2.24) is 0 Å². The molecule has 0 unspecified atom stereocenters. The highest BCUT2D eigenvalue weighted by molar-refractivity contribution is 5.91. The van der Waals surface area contributed by atoms with Crippen molar-refractivity contribution in [3.8, 4) is 23.0 Å². The van der Waals surface area contributed by atoms with Crippen molar-refractivity contribution in [1.29, 1.82) is 0 Å². The Balaban J connectivity index is 1.50. The van der Waals surface area contributed by atoms with Gasteiger partial charge in [0, 0.05) is 36.5 Å². The zero-order chi connectivity index (χ0) is 18.4. The van der Waals surface area contributed by atoms with Crippen LogP contribution in [-0.4, -0.2) is 39.9 Å². The molecule has 2 N–H and O–H groups in total. The van der Waals surface area contributed by atoms with Crippen LogP contribution in [0.4, 0.5) is 11.4 Å². The summed E-state index contributed by atoms with van der Waals surface area (Å²) in [4.78, 5) is 12.1. The smallest absolute Gasteiger partial charge is 0.226 e. The molecule has 26 heavy (non-hydrogen) atoms. The normalized spacial score (nSPS) is 12.2. The molecule has 3 rings (SSSR count). The summed E-state index contributed by atoms with van der Waals surface area (Å²) in [6.45, 7) is 1.61. The van der Waals surface area contributed by atoms with Gasteiger partial charge in [-0.05, 0) is 24.3 Å². The van der Waals surface area contributed by atoms with E-state index in [1.807, 2.05) is 18.2 Å². The van der Waals surface area contributed by atoms with Crippen LogP contribution >= 0.6 is 0 Å². The van der Waals surface area contributed by atoms with Gasteiger partial charge in [0.15, 0.2) is 23.0 Å². The number of carbonyl (C=O) groups is 1. The largest absolute Gasteiger partial charge is 0.493 e. The van der Waals surface area contributed by atoms with Gasteiger partial charge in [0.2, 0.25) is 5.91 Å². The molecule has 0 saturated heterocycles. The Morgan fingerprint density at radius 3 is 2.46 bits per heavy atom. The topological polar surface area (TPSA) is 78.1 Å². The summed E-state index contributed by atoms with van der Waals surface area (Å²) in [5, 5.41) is 6.06. The SMILES string of the molecule is COc1ccc(NC(=O)CCNc2ccc3c(c2)OCCO3)cc1OC. The first kappa shape index (κ1) is 17.7. The van der Waals surface area contributed by atoms with E-state index in [0.717, 1.165) is 17.2 Å². The van der Waals surface area contributed by atoms with Crippen LogP contribution in [0.2, 0.25) is 0 Å². The number of carbonyl (C=O) groups excluding carboxylic acids is 1. The average molecular weight is 358 g/mol. The molecule has 1 heterocycles. The fourth-order valence-electron chi connectivity index (χ4n) is 2.61. The summed E-state index contributed by atoms with van der Waals surface area (Å²) >= 11 is 0. The van der Waals surface area contributed by atoms with Crippen molar-refractivity contribution in [2.24, 2.45) is 0 Å². The lowest BCUT2D eigenvalue weighted by atomic mass is 10.2. The standard InChI is InChI=1S/C19H22N2O5/c1-23-15-5-4-14(12-17(15)24-2)21-19(22)7-8-20-13-3-6-16-18(11-13)26-10-9-25-16/h3-6,11-12,20H,7-10H2,1-2H3,(H,21,22). The average Bonchev–Trinajstić information content (AvgIpc) is 2.67. The summed E-state index contributed by atoms with van der Waals surface area (Å²) in [7, 11) is 3.13. The molecule has 2 aromatic carbocycles. The van der Waals surface area contributed by atoms with Gasteiger partial charge >= 0.3 is 0 Å². The van der Waals surface area contributed by atoms with E-state index >= 15 is 0 Å². The van der Waals surface area contributed by atoms with E-state index < -0.39 is 0 Å². The Morgan fingerprint density at radius 2 is 1.69 bits per heavy atom. The molecule has 0 spiro atoms. The minimum atomic E-state index is -0.0951. The molecule has 0 bridgehead atoms. The zero-order valence-electron chi connectivity index (χ0n) is 14.8. The Bertz CT molecular complexity index is 779.